The number of benzene rings is 2. The number of amides is 1. The molecule has 168 valence electrons. The van der Waals surface area contributed by atoms with E-state index in [2.05, 4.69) is 28.2 Å². The van der Waals surface area contributed by atoms with Crippen LogP contribution in [-0.4, -0.2) is 26.4 Å². The number of halogens is 1. The lowest BCUT2D eigenvalue weighted by molar-refractivity contribution is -0.113. The summed E-state index contributed by atoms with van der Waals surface area (Å²) in [7, 11) is 0. The van der Waals surface area contributed by atoms with Crippen molar-refractivity contribution in [3.8, 4) is 5.75 Å². The minimum Gasteiger partial charge on any atom is -0.483 e. The molecule has 1 heterocycles. The van der Waals surface area contributed by atoms with Crippen molar-refractivity contribution in [3.05, 3.63) is 76.6 Å². The molecular weight excluding hydrogens is 444 g/mol. The highest BCUT2D eigenvalue weighted by atomic mass is 35.5. The van der Waals surface area contributed by atoms with Crippen molar-refractivity contribution in [3.63, 3.8) is 0 Å². The maximum absolute atomic E-state index is 12.5. The van der Waals surface area contributed by atoms with E-state index in [1.54, 1.807) is 6.08 Å². The van der Waals surface area contributed by atoms with E-state index in [0.29, 0.717) is 28.3 Å². The van der Waals surface area contributed by atoms with Gasteiger partial charge in [-0.05, 0) is 74.7 Å². The van der Waals surface area contributed by atoms with Gasteiger partial charge in [0.05, 0.1) is 5.75 Å². The van der Waals surface area contributed by atoms with Gasteiger partial charge in [-0.25, -0.2) is 0 Å². The van der Waals surface area contributed by atoms with Crippen molar-refractivity contribution in [1.82, 2.24) is 14.8 Å². The molecule has 2 aromatic carbocycles. The summed E-state index contributed by atoms with van der Waals surface area (Å²) in [5, 5.41) is 12.9. The van der Waals surface area contributed by atoms with Crippen LogP contribution in [0.2, 0.25) is 5.02 Å². The smallest absolute Gasteiger partial charge is 0.234 e. The molecule has 1 unspecified atom stereocenters. The highest BCUT2D eigenvalue weighted by Crippen LogP contribution is 2.27. The van der Waals surface area contributed by atoms with Crippen LogP contribution in [0.4, 0.5) is 5.69 Å². The zero-order chi connectivity index (χ0) is 23.3. The van der Waals surface area contributed by atoms with Crippen LogP contribution < -0.4 is 10.1 Å². The monoisotopic (exact) mass is 470 g/mol. The SMILES string of the molecule is C=CCn1c(SCC(=O)Nc2cc(C)cc(C)c2)nnc1C(C)Oc1ccc(Cl)c(C)c1. The number of hydrogen-bond acceptors (Lipinski definition) is 5. The predicted molar refractivity (Wildman–Crippen MR) is 131 cm³/mol. The van der Waals surface area contributed by atoms with Crippen molar-refractivity contribution in [2.75, 3.05) is 11.1 Å². The average Bonchev–Trinajstić information content (AvgIpc) is 3.11. The molecule has 1 atom stereocenters. The highest BCUT2D eigenvalue weighted by Gasteiger charge is 2.20. The lowest BCUT2D eigenvalue weighted by Crippen LogP contribution is -2.15. The number of allylic oxidation sites excluding steroid dienone is 1. The van der Waals surface area contributed by atoms with E-state index in [4.69, 9.17) is 16.3 Å². The van der Waals surface area contributed by atoms with E-state index >= 15 is 0 Å². The van der Waals surface area contributed by atoms with Gasteiger partial charge in [0.1, 0.15) is 5.75 Å². The molecule has 1 aromatic heterocycles. The Bertz CT molecular complexity index is 1110. The van der Waals surface area contributed by atoms with E-state index in [1.165, 1.54) is 11.8 Å². The molecule has 0 aliphatic rings. The van der Waals surface area contributed by atoms with Gasteiger partial charge in [0.25, 0.3) is 0 Å². The standard InChI is InChI=1S/C24H27ClN4O2S/c1-6-9-29-23(18(5)31-20-7-8-21(25)17(4)13-20)27-28-24(29)32-14-22(30)26-19-11-15(2)10-16(3)12-19/h6-8,10-13,18H,1,9,14H2,2-5H3,(H,26,30). The number of carbonyl (C=O) groups is 1. The van der Waals surface area contributed by atoms with E-state index in [-0.39, 0.29) is 17.8 Å². The van der Waals surface area contributed by atoms with Crippen LogP contribution >= 0.6 is 23.4 Å². The van der Waals surface area contributed by atoms with E-state index in [0.717, 1.165) is 22.4 Å². The number of nitrogens with zero attached hydrogens (tertiary/aromatic N) is 3. The number of aryl methyl sites for hydroxylation is 3. The number of carbonyl (C=O) groups excluding carboxylic acids is 1. The second kappa shape index (κ2) is 10.7. The number of anilines is 1. The second-order valence-corrected chi connectivity index (χ2v) is 8.97. The summed E-state index contributed by atoms with van der Waals surface area (Å²) in [5.74, 6) is 1.48. The van der Waals surface area contributed by atoms with Crippen LogP contribution in [-0.2, 0) is 11.3 Å². The summed E-state index contributed by atoms with van der Waals surface area (Å²) in [6.45, 7) is 12.2. The molecule has 0 aliphatic heterocycles. The lowest BCUT2D eigenvalue weighted by Gasteiger charge is -2.16. The van der Waals surface area contributed by atoms with Gasteiger partial charge in [0.2, 0.25) is 5.91 Å². The molecule has 0 radical (unpaired) electrons. The van der Waals surface area contributed by atoms with Crippen LogP contribution in [0.1, 0.15) is 35.5 Å². The van der Waals surface area contributed by atoms with Crippen molar-refractivity contribution in [1.29, 1.82) is 0 Å². The minimum absolute atomic E-state index is 0.101. The molecule has 3 aromatic rings. The third kappa shape index (κ3) is 6.14. The Morgan fingerprint density at radius 3 is 2.59 bits per heavy atom. The fourth-order valence-corrected chi connectivity index (χ4v) is 4.20. The van der Waals surface area contributed by atoms with Crippen molar-refractivity contribution >= 4 is 35.0 Å². The summed E-state index contributed by atoms with van der Waals surface area (Å²) < 4.78 is 7.97. The molecule has 32 heavy (non-hydrogen) atoms. The number of rotatable bonds is 9. The Balaban J connectivity index is 1.68. The molecule has 1 N–H and O–H groups in total. The van der Waals surface area contributed by atoms with Crippen molar-refractivity contribution < 1.29 is 9.53 Å². The summed E-state index contributed by atoms with van der Waals surface area (Å²) in [6, 6.07) is 11.5. The van der Waals surface area contributed by atoms with Gasteiger partial charge in [-0.2, -0.15) is 0 Å². The first-order valence-corrected chi connectivity index (χ1v) is 11.6. The number of hydrogen-bond donors (Lipinski definition) is 1. The summed E-state index contributed by atoms with van der Waals surface area (Å²) in [5.41, 5.74) is 3.94. The molecule has 1 amide bonds. The number of aromatic nitrogens is 3. The Hall–Kier alpha value is -2.77. The molecule has 0 bridgehead atoms. The minimum atomic E-state index is -0.346. The predicted octanol–water partition coefficient (Wildman–Crippen LogP) is 5.91. The summed E-state index contributed by atoms with van der Waals surface area (Å²) in [6.07, 6.45) is 1.42. The highest BCUT2D eigenvalue weighted by molar-refractivity contribution is 7.99. The second-order valence-electron chi connectivity index (χ2n) is 7.62. The Morgan fingerprint density at radius 1 is 1.22 bits per heavy atom. The molecule has 0 saturated heterocycles. The van der Waals surface area contributed by atoms with Crippen molar-refractivity contribution in [2.45, 2.75) is 45.5 Å². The molecule has 6 nitrogen and oxygen atoms in total. The van der Waals surface area contributed by atoms with Crippen LogP contribution in [0, 0.1) is 20.8 Å². The summed E-state index contributed by atoms with van der Waals surface area (Å²) in [4.78, 5) is 12.5. The van der Waals surface area contributed by atoms with Gasteiger partial charge in [0, 0.05) is 17.3 Å². The topological polar surface area (TPSA) is 69.0 Å². The first-order chi connectivity index (χ1) is 15.3. The molecule has 0 aliphatic carbocycles. The first kappa shape index (κ1) is 23.9. The molecule has 0 spiro atoms. The van der Waals surface area contributed by atoms with E-state index in [1.807, 2.05) is 62.6 Å². The van der Waals surface area contributed by atoms with Gasteiger partial charge >= 0.3 is 0 Å². The average molecular weight is 471 g/mol. The third-order valence-corrected chi connectivity index (χ3v) is 6.09. The normalized spacial score (nSPS) is 11.8. The fourth-order valence-electron chi connectivity index (χ4n) is 3.33. The van der Waals surface area contributed by atoms with Crippen LogP contribution in [0.3, 0.4) is 0 Å². The Kier molecular flexibility index (Phi) is 7.99. The van der Waals surface area contributed by atoms with Crippen LogP contribution in [0.15, 0.2) is 54.2 Å². The van der Waals surface area contributed by atoms with Crippen LogP contribution in [0.5, 0.6) is 5.75 Å². The van der Waals surface area contributed by atoms with E-state index < -0.39 is 0 Å². The van der Waals surface area contributed by atoms with Gasteiger partial charge in [-0.1, -0.05) is 35.5 Å². The summed E-state index contributed by atoms with van der Waals surface area (Å²) >= 11 is 7.43. The van der Waals surface area contributed by atoms with Gasteiger partial charge in [0.15, 0.2) is 17.1 Å². The fraction of sp³-hybridized carbons (Fsp3) is 0.292. The first-order valence-electron chi connectivity index (χ1n) is 10.2. The maximum atomic E-state index is 12.5. The molecule has 3 rings (SSSR count). The largest absolute Gasteiger partial charge is 0.483 e. The van der Waals surface area contributed by atoms with Crippen LogP contribution in [0.25, 0.3) is 0 Å². The zero-order valence-electron chi connectivity index (χ0n) is 18.7. The maximum Gasteiger partial charge on any atom is 0.234 e. The molecule has 8 heteroatoms. The molecule has 0 saturated carbocycles. The quantitative estimate of drug-likeness (QED) is 0.311. The lowest BCUT2D eigenvalue weighted by atomic mass is 10.1. The third-order valence-electron chi connectivity index (χ3n) is 4.70. The van der Waals surface area contributed by atoms with Gasteiger partial charge in [-0.15, -0.1) is 16.8 Å². The Morgan fingerprint density at radius 2 is 1.94 bits per heavy atom. The molecule has 0 fully saturated rings. The van der Waals surface area contributed by atoms with E-state index in [9.17, 15) is 4.79 Å². The molecular formula is C24H27ClN4O2S. The number of nitrogens with one attached hydrogen (secondary N) is 1. The Labute approximate surface area is 198 Å². The number of thioether (sulfide) groups is 1. The number of ether oxygens (including phenoxy) is 1. The van der Waals surface area contributed by atoms with Crippen molar-refractivity contribution in [2.24, 2.45) is 0 Å². The zero-order valence-corrected chi connectivity index (χ0v) is 20.3. The van der Waals surface area contributed by atoms with Gasteiger partial charge < -0.3 is 10.1 Å². The van der Waals surface area contributed by atoms with Gasteiger partial charge in [-0.3, -0.25) is 9.36 Å².